The number of benzene rings is 2. The smallest absolute Gasteiger partial charge is 0.251 e. The molecule has 0 bridgehead atoms. The number of nitrogens with two attached hydrogens (primary N) is 1. The third-order valence-electron chi connectivity index (χ3n) is 4.98. The van der Waals surface area contributed by atoms with Gasteiger partial charge in [-0.3, -0.25) is 4.79 Å². The fraction of sp³-hybridized carbons (Fsp3) is 0.350. The molecule has 24 heavy (non-hydrogen) atoms. The summed E-state index contributed by atoms with van der Waals surface area (Å²) in [7, 11) is 1.70. The van der Waals surface area contributed by atoms with Gasteiger partial charge in [0, 0.05) is 28.8 Å². The van der Waals surface area contributed by atoms with E-state index in [0.29, 0.717) is 17.8 Å². The fourth-order valence-corrected chi connectivity index (χ4v) is 3.71. The van der Waals surface area contributed by atoms with Crippen molar-refractivity contribution in [3.8, 4) is 5.75 Å². The minimum Gasteiger partial charge on any atom is -0.496 e. The number of anilines is 1. The number of nitrogen functional groups attached to an aromatic ring is 1. The molecule has 1 amide bonds. The van der Waals surface area contributed by atoms with Gasteiger partial charge in [-0.05, 0) is 37.1 Å². The van der Waals surface area contributed by atoms with Crippen molar-refractivity contribution in [2.45, 2.75) is 31.1 Å². The monoisotopic (exact) mass is 324 g/mol. The van der Waals surface area contributed by atoms with Crippen molar-refractivity contribution in [3.05, 3.63) is 59.7 Å². The zero-order valence-corrected chi connectivity index (χ0v) is 14.0. The van der Waals surface area contributed by atoms with Gasteiger partial charge in [0.2, 0.25) is 0 Å². The Morgan fingerprint density at radius 3 is 2.62 bits per heavy atom. The Kier molecular flexibility index (Phi) is 4.74. The first-order valence-corrected chi connectivity index (χ1v) is 8.42. The van der Waals surface area contributed by atoms with E-state index in [2.05, 4.69) is 11.4 Å². The molecule has 0 aliphatic heterocycles. The second-order valence-corrected chi connectivity index (χ2v) is 6.50. The molecule has 0 saturated heterocycles. The van der Waals surface area contributed by atoms with Crippen LogP contribution in [0.2, 0.25) is 0 Å². The number of amides is 1. The molecule has 0 atom stereocenters. The van der Waals surface area contributed by atoms with Crippen molar-refractivity contribution in [1.29, 1.82) is 0 Å². The third-order valence-corrected chi connectivity index (χ3v) is 4.98. The van der Waals surface area contributed by atoms with Gasteiger partial charge in [-0.2, -0.15) is 0 Å². The molecular weight excluding hydrogens is 300 g/mol. The van der Waals surface area contributed by atoms with Gasteiger partial charge in [-0.25, -0.2) is 0 Å². The van der Waals surface area contributed by atoms with Crippen LogP contribution in [0.1, 0.15) is 41.6 Å². The average Bonchev–Trinajstić information content (AvgIpc) is 3.09. The molecule has 3 N–H and O–H groups in total. The zero-order valence-electron chi connectivity index (χ0n) is 14.0. The first-order valence-electron chi connectivity index (χ1n) is 8.42. The van der Waals surface area contributed by atoms with Crippen LogP contribution in [-0.4, -0.2) is 19.6 Å². The summed E-state index contributed by atoms with van der Waals surface area (Å²) in [6.07, 6.45) is 4.47. The Hall–Kier alpha value is -2.49. The van der Waals surface area contributed by atoms with E-state index in [4.69, 9.17) is 10.5 Å². The Morgan fingerprint density at radius 1 is 1.17 bits per heavy atom. The lowest BCUT2D eigenvalue weighted by atomic mass is 9.78. The van der Waals surface area contributed by atoms with Gasteiger partial charge in [-0.1, -0.05) is 37.1 Å². The number of hydrogen-bond donors (Lipinski definition) is 2. The topological polar surface area (TPSA) is 64.3 Å². The highest BCUT2D eigenvalue weighted by atomic mass is 16.5. The molecule has 4 heteroatoms. The first kappa shape index (κ1) is 16.4. The first-order chi connectivity index (χ1) is 11.6. The zero-order chi connectivity index (χ0) is 17.0. The highest BCUT2D eigenvalue weighted by Crippen LogP contribution is 2.44. The molecule has 0 unspecified atom stereocenters. The highest BCUT2D eigenvalue weighted by Gasteiger charge is 2.38. The van der Waals surface area contributed by atoms with E-state index >= 15 is 0 Å². The van der Waals surface area contributed by atoms with E-state index in [1.807, 2.05) is 18.2 Å². The highest BCUT2D eigenvalue weighted by molar-refractivity contribution is 5.95. The van der Waals surface area contributed by atoms with Crippen LogP contribution >= 0.6 is 0 Å². The van der Waals surface area contributed by atoms with E-state index in [1.165, 1.54) is 18.4 Å². The molecule has 2 aromatic rings. The van der Waals surface area contributed by atoms with Crippen LogP contribution in [-0.2, 0) is 5.41 Å². The summed E-state index contributed by atoms with van der Waals surface area (Å²) in [5.41, 5.74) is 8.11. The molecular formula is C20H24N2O2. The van der Waals surface area contributed by atoms with E-state index in [-0.39, 0.29) is 11.3 Å². The van der Waals surface area contributed by atoms with Crippen LogP contribution in [0.15, 0.2) is 48.5 Å². The number of ether oxygens (including phenoxy) is 1. The van der Waals surface area contributed by atoms with E-state index in [1.54, 1.807) is 31.4 Å². The molecule has 0 heterocycles. The van der Waals surface area contributed by atoms with Crippen molar-refractivity contribution < 1.29 is 9.53 Å². The summed E-state index contributed by atoms with van der Waals surface area (Å²) in [6, 6.07) is 15.2. The van der Waals surface area contributed by atoms with Crippen LogP contribution < -0.4 is 15.8 Å². The van der Waals surface area contributed by atoms with Gasteiger partial charge in [-0.15, -0.1) is 0 Å². The number of para-hydroxylation sites is 1. The SMILES string of the molecule is COc1ccccc1C1(CNC(=O)c2cccc(N)c2)CCCC1. The maximum atomic E-state index is 12.5. The molecule has 4 nitrogen and oxygen atoms in total. The van der Waals surface area contributed by atoms with Crippen LogP contribution in [0, 0.1) is 0 Å². The Morgan fingerprint density at radius 2 is 1.92 bits per heavy atom. The van der Waals surface area contributed by atoms with Crippen LogP contribution in [0.5, 0.6) is 5.75 Å². The Labute approximate surface area is 143 Å². The van der Waals surface area contributed by atoms with Crippen molar-refractivity contribution in [1.82, 2.24) is 5.32 Å². The molecule has 1 saturated carbocycles. The van der Waals surface area contributed by atoms with Gasteiger partial charge < -0.3 is 15.8 Å². The molecule has 126 valence electrons. The normalized spacial score (nSPS) is 15.9. The summed E-state index contributed by atoms with van der Waals surface area (Å²) >= 11 is 0. The van der Waals surface area contributed by atoms with Crippen molar-refractivity contribution in [2.75, 3.05) is 19.4 Å². The predicted molar refractivity (Wildman–Crippen MR) is 96.3 cm³/mol. The van der Waals surface area contributed by atoms with Gasteiger partial charge in [0.1, 0.15) is 5.75 Å². The van der Waals surface area contributed by atoms with E-state index in [9.17, 15) is 4.79 Å². The Bertz CT molecular complexity index is 721. The van der Waals surface area contributed by atoms with Gasteiger partial charge in [0.15, 0.2) is 0 Å². The summed E-state index contributed by atoms with van der Waals surface area (Å²) in [4.78, 5) is 12.5. The minimum atomic E-state index is -0.0801. The lowest BCUT2D eigenvalue weighted by molar-refractivity contribution is 0.0943. The van der Waals surface area contributed by atoms with Crippen LogP contribution in [0.4, 0.5) is 5.69 Å². The average molecular weight is 324 g/mol. The third kappa shape index (κ3) is 3.23. The number of rotatable bonds is 5. The molecule has 0 spiro atoms. The Balaban J connectivity index is 1.81. The van der Waals surface area contributed by atoms with E-state index < -0.39 is 0 Å². The molecule has 0 aromatic heterocycles. The largest absolute Gasteiger partial charge is 0.496 e. The minimum absolute atomic E-state index is 0.0530. The van der Waals surface area contributed by atoms with Crippen LogP contribution in [0.3, 0.4) is 0 Å². The predicted octanol–water partition coefficient (Wildman–Crippen LogP) is 3.52. The lowest BCUT2D eigenvalue weighted by Gasteiger charge is -2.31. The molecule has 0 radical (unpaired) electrons. The second-order valence-electron chi connectivity index (χ2n) is 6.50. The molecule has 3 rings (SSSR count). The number of hydrogen-bond acceptors (Lipinski definition) is 3. The summed E-state index contributed by atoms with van der Waals surface area (Å²) < 4.78 is 5.56. The van der Waals surface area contributed by atoms with Crippen molar-refractivity contribution in [2.24, 2.45) is 0 Å². The second kappa shape index (κ2) is 6.95. The molecule has 1 aliphatic rings. The number of nitrogens with one attached hydrogen (secondary N) is 1. The van der Waals surface area contributed by atoms with Crippen molar-refractivity contribution >= 4 is 11.6 Å². The molecule has 2 aromatic carbocycles. The molecule has 1 fully saturated rings. The summed E-state index contributed by atoms with van der Waals surface area (Å²) in [5.74, 6) is 0.820. The fourth-order valence-electron chi connectivity index (χ4n) is 3.71. The van der Waals surface area contributed by atoms with Crippen molar-refractivity contribution in [3.63, 3.8) is 0 Å². The quantitative estimate of drug-likeness (QED) is 0.827. The van der Waals surface area contributed by atoms with Gasteiger partial charge >= 0.3 is 0 Å². The maximum absolute atomic E-state index is 12.5. The summed E-state index contributed by atoms with van der Waals surface area (Å²) in [6.45, 7) is 0.612. The summed E-state index contributed by atoms with van der Waals surface area (Å²) in [5, 5.41) is 3.11. The van der Waals surface area contributed by atoms with E-state index in [0.717, 1.165) is 18.6 Å². The maximum Gasteiger partial charge on any atom is 0.251 e. The molecule has 1 aliphatic carbocycles. The van der Waals surface area contributed by atoms with Gasteiger partial charge in [0.05, 0.1) is 7.11 Å². The standard InChI is InChI=1S/C20H24N2O2/c1-24-18-10-3-2-9-17(18)20(11-4-5-12-20)14-22-19(23)15-7-6-8-16(21)13-15/h2-3,6-10,13H,4-5,11-12,14,21H2,1H3,(H,22,23). The number of methoxy groups -OCH3 is 1. The van der Waals surface area contributed by atoms with Gasteiger partial charge in [0.25, 0.3) is 5.91 Å². The lowest BCUT2D eigenvalue weighted by Crippen LogP contribution is -2.39. The number of carbonyl (C=O) groups excluding carboxylic acids is 1. The number of carbonyl (C=O) groups is 1. The van der Waals surface area contributed by atoms with Crippen LogP contribution in [0.25, 0.3) is 0 Å².